The normalized spacial score (nSPS) is 9.42. The molecular formula is C10H10O2. The molecule has 2 nitrogen and oxygen atoms in total. The number of phenolic OH excluding ortho intramolecular Hbond substituents is 1. The number of carbonyl (C=O) groups excluding carboxylic acids is 1. The number of rotatable bonds is 2. The van der Waals surface area contributed by atoms with Gasteiger partial charge >= 0.3 is 0 Å². The molecule has 0 unspecified atom stereocenters. The summed E-state index contributed by atoms with van der Waals surface area (Å²) in [5.41, 5.74) is 1.67. The van der Waals surface area contributed by atoms with E-state index in [-0.39, 0.29) is 5.75 Å². The maximum Gasteiger partial charge on any atom is 0.153 e. The highest BCUT2D eigenvalue weighted by Gasteiger charge is 2.05. The van der Waals surface area contributed by atoms with Crippen molar-refractivity contribution in [2.24, 2.45) is 0 Å². The van der Waals surface area contributed by atoms with Crippen LogP contribution >= 0.6 is 0 Å². The van der Waals surface area contributed by atoms with E-state index < -0.39 is 0 Å². The molecule has 0 saturated heterocycles. The molecule has 1 N–H and O–H groups in total. The summed E-state index contributed by atoms with van der Waals surface area (Å²) >= 11 is 0. The zero-order valence-electron chi connectivity index (χ0n) is 6.87. The first-order chi connectivity index (χ1) is 5.66. The summed E-state index contributed by atoms with van der Waals surface area (Å²) in [4.78, 5) is 10.4. The van der Waals surface area contributed by atoms with Gasteiger partial charge in [-0.15, -0.1) is 0 Å². The summed E-state index contributed by atoms with van der Waals surface area (Å²) in [5.74, 6) is 0.0139. The van der Waals surface area contributed by atoms with Crippen LogP contribution in [0.3, 0.4) is 0 Å². The van der Waals surface area contributed by atoms with E-state index in [9.17, 15) is 9.90 Å². The quantitative estimate of drug-likeness (QED) is 0.677. The van der Waals surface area contributed by atoms with E-state index in [1.54, 1.807) is 25.1 Å². The zero-order valence-corrected chi connectivity index (χ0v) is 6.87. The first-order valence-corrected chi connectivity index (χ1v) is 3.60. The van der Waals surface area contributed by atoms with Gasteiger partial charge in [-0.2, -0.15) is 0 Å². The van der Waals surface area contributed by atoms with Crippen LogP contribution in [-0.2, 0) is 0 Å². The molecular weight excluding hydrogens is 152 g/mol. The Kier molecular flexibility index (Phi) is 2.29. The van der Waals surface area contributed by atoms with E-state index in [4.69, 9.17) is 0 Å². The highest BCUT2D eigenvalue weighted by Crippen LogP contribution is 2.26. The maximum absolute atomic E-state index is 10.4. The Balaban J connectivity index is 3.32. The summed E-state index contributed by atoms with van der Waals surface area (Å²) < 4.78 is 0. The average Bonchev–Trinajstić information content (AvgIpc) is 2.04. The molecule has 1 aromatic carbocycles. The molecule has 0 aliphatic rings. The second kappa shape index (κ2) is 3.22. The van der Waals surface area contributed by atoms with Crippen molar-refractivity contribution in [3.8, 4) is 5.75 Å². The van der Waals surface area contributed by atoms with E-state index >= 15 is 0 Å². The number of allylic oxidation sites excluding steroid dienone is 1. The van der Waals surface area contributed by atoms with Crippen LogP contribution in [0, 0.1) is 0 Å². The van der Waals surface area contributed by atoms with Crippen molar-refractivity contribution >= 4 is 11.9 Å². The highest BCUT2D eigenvalue weighted by molar-refractivity contribution is 5.83. The van der Waals surface area contributed by atoms with Gasteiger partial charge in [0.1, 0.15) is 5.75 Å². The van der Waals surface area contributed by atoms with E-state index in [2.05, 4.69) is 6.58 Å². The summed E-state index contributed by atoms with van der Waals surface area (Å²) in [6.07, 6.45) is 0.627. The Morgan fingerprint density at radius 3 is 2.75 bits per heavy atom. The monoisotopic (exact) mass is 162 g/mol. The van der Waals surface area contributed by atoms with Crippen molar-refractivity contribution < 1.29 is 9.90 Å². The first kappa shape index (κ1) is 8.53. The van der Waals surface area contributed by atoms with Crippen molar-refractivity contribution in [2.45, 2.75) is 6.92 Å². The number of phenols is 1. The van der Waals surface area contributed by atoms with Gasteiger partial charge in [0.05, 0.1) is 5.56 Å². The predicted molar refractivity (Wildman–Crippen MR) is 48.2 cm³/mol. The summed E-state index contributed by atoms with van der Waals surface area (Å²) in [7, 11) is 0. The van der Waals surface area contributed by atoms with Gasteiger partial charge in [0.2, 0.25) is 0 Å². The van der Waals surface area contributed by atoms with E-state index in [0.717, 1.165) is 5.57 Å². The van der Waals surface area contributed by atoms with Gasteiger partial charge in [-0.25, -0.2) is 0 Å². The van der Waals surface area contributed by atoms with Crippen LogP contribution in [0.5, 0.6) is 5.75 Å². The second-order valence-electron chi connectivity index (χ2n) is 2.64. The third-order valence-corrected chi connectivity index (χ3v) is 1.65. The van der Waals surface area contributed by atoms with Gasteiger partial charge in [0, 0.05) is 5.56 Å². The largest absolute Gasteiger partial charge is 0.507 e. The molecule has 0 aliphatic heterocycles. The van der Waals surface area contributed by atoms with Gasteiger partial charge in [0.15, 0.2) is 6.29 Å². The van der Waals surface area contributed by atoms with Crippen LogP contribution in [0.25, 0.3) is 5.57 Å². The van der Waals surface area contributed by atoms with Gasteiger partial charge in [0.25, 0.3) is 0 Å². The fraction of sp³-hybridized carbons (Fsp3) is 0.100. The molecule has 0 radical (unpaired) electrons. The van der Waals surface area contributed by atoms with Gasteiger partial charge in [-0.3, -0.25) is 4.79 Å². The number of hydrogen-bond donors (Lipinski definition) is 1. The van der Waals surface area contributed by atoms with Crippen LogP contribution in [0.15, 0.2) is 24.8 Å². The van der Waals surface area contributed by atoms with Crippen molar-refractivity contribution in [1.82, 2.24) is 0 Å². The Morgan fingerprint density at radius 1 is 1.58 bits per heavy atom. The third kappa shape index (κ3) is 1.37. The lowest BCUT2D eigenvalue weighted by Gasteiger charge is -2.04. The lowest BCUT2D eigenvalue weighted by Crippen LogP contribution is -1.85. The number of carbonyl (C=O) groups is 1. The molecule has 0 aliphatic carbocycles. The zero-order chi connectivity index (χ0) is 9.14. The van der Waals surface area contributed by atoms with Crippen molar-refractivity contribution in [1.29, 1.82) is 0 Å². The Hall–Kier alpha value is -1.57. The lowest BCUT2D eigenvalue weighted by atomic mass is 10.0. The number of aromatic hydroxyl groups is 1. The van der Waals surface area contributed by atoms with E-state index in [1.807, 2.05) is 0 Å². The highest BCUT2D eigenvalue weighted by atomic mass is 16.3. The molecule has 0 saturated carbocycles. The Bertz CT molecular complexity index is 327. The molecule has 0 amide bonds. The smallest absolute Gasteiger partial charge is 0.153 e. The SMILES string of the molecule is C=C(C)c1cccc(C=O)c1O. The molecule has 2 heteroatoms. The molecule has 0 atom stereocenters. The van der Waals surface area contributed by atoms with Gasteiger partial charge in [-0.1, -0.05) is 18.7 Å². The minimum absolute atomic E-state index is 0.0139. The molecule has 62 valence electrons. The van der Waals surface area contributed by atoms with Crippen LogP contribution in [0.4, 0.5) is 0 Å². The summed E-state index contributed by atoms with van der Waals surface area (Å²) in [5, 5.41) is 9.47. The minimum atomic E-state index is 0.0139. The topological polar surface area (TPSA) is 37.3 Å². The fourth-order valence-corrected chi connectivity index (χ4v) is 1.00. The Morgan fingerprint density at radius 2 is 2.25 bits per heavy atom. The molecule has 12 heavy (non-hydrogen) atoms. The number of para-hydroxylation sites is 1. The van der Waals surface area contributed by atoms with Crippen LogP contribution < -0.4 is 0 Å². The standard InChI is InChI=1S/C10H10O2/c1-7(2)9-5-3-4-8(6-11)10(9)12/h3-6,12H,1H2,2H3. The number of aldehydes is 1. The third-order valence-electron chi connectivity index (χ3n) is 1.65. The van der Waals surface area contributed by atoms with Crippen molar-refractivity contribution in [3.05, 3.63) is 35.9 Å². The number of hydrogen-bond acceptors (Lipinski definition) is 2. The summed E-state index contributed by atoms with van der Waals surface area (Å²) in [6, 6.07) is 5.01. The molecule has 1 aromatic rings. The lowest BCUT2D eigenvalue weighted by molar-refractivity contribution is 0.112. The summed E-state index contributed by atoms with van der Waals surface area (Å²) in [6.45, 7) is 5.47. The Labute approximate surface area is 71.2 Å². The van der Waals surface area contributed by atoms with Crippen LogP contribution in [-0.4, -0.2) is 11.4 Å². The van der Waals surface area contributed by atoms with Gasteiger partial charge in [-0.05, 0) is 18.6 Å². The fourth-order valence-electron chi connectivity index (χ4n) is 1.00. The first-order valence-electron chi connectivity index (χ1n) is 3.60. The van der Waals surface area contributed by atoms with Crippen molar-refractivity contribution in [3.63, 3.8) is 0 Å². The predicted octanol–water partition coefficient (Wildman–Crippen LogP) is 2.24. The number of benzene rings is 1. The van der Waals surface area contributed by atoms with Gasteiger partial charge < -0.3 is 5.11 Å². The molecule has 0 heterocycles. The molecule has 0 spiro atoms. The second-order valence-corrected chi connectivity index (χ2v) is 2.64. The molecule has 0 bridgehead atoms. The minimum Gasteiger partial charge on any atom is -0.507 e. The average molecular weight is 162 g/mol. The molecule has 0 aromatic heterocycles. The van der Waals surface area contributed by atoms with Crippen LogP contribution in [0.2, 0.25) is 0 Å². The molecule has 1 rings (SSSR count). The molecule has 0 fully saturated rings. The van der Waals surface area contributed by atoms with E-state index in [1.165, 1.54) is 0 Å². The maximum atomic E-state index is 10.4. The van der Waals surface area contributed by atoms with Crippen LogP contribution in [0.1, 0.15) is 22.8 Å². The van der Waals surface area contributed by atoms with Crippen molar-refractivity contribution in [2.75, 3.05) is 0 Å². The van der Waals surface area contributed by atoms with E-state index in [0.29, 0.717) is 17.4 Å².